The Morgan fingerprint density at radius 3 is 2.70 bits per heavy atom. The van der Waals surface area contributed by atoms with E-state index in [1.54, 1.807) is 4.68 Å². The van der Waals surface area contributed by atoms with Gasteiger partial charge in [0.05, 0.1) is 12.3 Å². The van der Waals surface area contributed by atoms with Gasteiger partial charge in [-0.15, -0.1) is 5.10 Å². The number of rotatable bonds is 4. The smallest absolute Gasteiger partial charge is 0.214 e. The highest BCUT2D eigenvalue weighted by Crippen LogP contribution is 2.27. The maximum Gasteiger partial charge on any atom is 0.214 e. The molecule has 20 heavy (non-hydrogen) atoms. The molecule has 0 aliphatic carbocycles. The topological polar surface area (TPSA) is 63.8 Å². The van der Waals surface area contributed by atoms with Crippen LogP contribution in [-0.2, 0) is 5.41 Å². The van der Waals surface area contributed by atoms with Crippen molar-refractivity contribution in [1.29, 1.82) is 0 Å². The minimum absolute atomic E-state index is 0.0782. The van der Waals surface area contributed by atoms with E-state index in [0.29, 0.717) is 10.9 Å². The second-order valence-electron chi connectivity index (χ2n) is 5.70. The van der Waals surface area contributed by atoms with Crippen molar-refractivity contribution >= 4 is 11.8 Å². The minimum atomic E-state index is 0.0782. The van der Waals surface area contributed by atoms with E-state index in [1.807, 2.05) is 6.92 Å². The predicted molar refractivity (Wildman–Crippen MR) is 80.4 cm³/mol. The Morgan fingerprint density at radius 1 is 1.30 bits per heavy atom. The highest BCUT2D eigenvalue weighted by atomic mass is 32.2. The molecule has 0 bridgehead atoms. The zero-order chi connectivity index (χ0) is 14.8. The summed E-state index contributed by atoms with van der Waals surface area (Å²) >= 11 is 1.45. The summed E-state index contributed by atoms with van der Waals surface area (Å²) in [5, 5.41) is 21.5. The lowest BCUT2D eigenvalue weighted by atomic mass is 9.86. The Bertz CT molecular complexity index is 589. The van der Waals surface area contributed by atoms with Crippen LogP contribution in [0.3, 0.4) is 0 Å². The van der Waals surface area contributed by atoms with E-state index in [1.165, 1.54) is 17.3 Å². The molecule has 5 nitrogen and oxygen atoms in total. The molecule has 0 spiro atoms. The van der Waals surface area contributed by atoms with E-state index in [4.69, 9.17) is 5.11 Å². The van der Waals surface area contributed by atoms with Crippen molar-refractivity contribution in [3.05, 3.63) is 29.3 Å². The number of tetrazole rings is 1. The van der Waals surface area contributed by atoms with Crippen LogP contribution in [0.1, 0.15) is 31.9 Å². The van der Waals surface area contributed by atoms with Crippen LogP contribution in [-0.4, -0.2) is 37.7 Å². The van der Waals surface area contributed by atoms with Gasteiger partial charge in [0, 0.05) is 5.75 Å². The Balaban J connectivity index is 2.44. The molecule has 1 heterocycles. The van der Waals surface area contributed by atoms with Crippen LogP contribution in [0.25, 0.3) is 5.69 Å². The number of benzene rings is 1. The average Bonchev–Trinajstić information content (AvgIpc) is 2.83. The van der Waals surface area contributed by atoms with Gasteiger partial charge in [-0.1, -0.05) is 44.7 Å². The number of aryl methyl sites for hydroxylation is 1. The SMILES string of the molecule is Cc1ccc(C(C)(C)C)cc1-n1nnnc1SCCO. The first kappa shape index (κ1) is 15.0. The van der Waals surface area contributed by atoms with Crippen LogP contribution in [0.4, 0.5) is 0 Å². The molecular formula is C14H20N4OS. The van der Waals surface area contributed by atoms with Crippen molar-refractivity contribution in [2.24, 2.45) is 0 Å². The summed E-state index contributed by atoms with van der Waals surface area (Å²) in [5.74, 6) is 0.582. The van der Waals surface area contributed by atoms with Crippen molar-refractivity contribution < 1.29 is 5.11 Å². The predicted octanol–water partition coefficient (Wildman–Crippen LogP) is 2.35. The van der Waals surface area contributed by atoms with Crippen LogP contribution in [0.2, 0.25) is 0 Å². The molecule has 2 rings (SSSR count). The van der Waals surface area contributed by atoms with E-state index < -0.39 is 0 Å². The second-order valence-corrected chi connectivity index (χ2v) is 6.76. The monoisotopic (exact) mass is 292 g/mol. The molecule has 2 aromatic rings. The van der Waals surface area contributed by atoms with Gasteiger partial charge < -0.3 is 5.11 Å². The normalized spacial score (nSPS) is 11.8. The highest BCUT2D eigenvalue weighted by Gasteiger charge is 2.17. The number of aliphatic hydroxyl groups excluding tert-OH is 1. The van der Waals surface area contributed by atoms with Gasteiger partial charge in [-0.25, -0.2) is 0 Å². The molecule has 108 valence electrons. The molecule has 1 aromatic heterocycles. The van der Waals surface area contributed by atoms with Gasteiger partial charge in [-0.2, -0.15) is 4.68 Å². The quantitative estimate of drug-likeness (QED) is 0.876. The van der Waals surface area contributed by atoms with Gasteiger partial charge in [0.2, 0.25) is 5.16 Å². The lowest BCUT2D eigenvalue weighted by Crippen LogP contribution is -2.13. The molecule has 0 radical (unpaired) electrons. The van der Waals surface area contributed by atoms with Crippen LogP contribution in [0.15, 0.2) is 23.4 Å². The standard InChI is InChI=1S/C14H20N4OS/c1-10-5-6-11(14(2,3)4)9-12(10)18-13(15-16-17-18)20-8-7-19/h5-6,9,19H,7-8H2,1-4H3. The lowest BCUT2D eigenvalue weighted by molar-refractivity contribution is 0.322. The molecular weight excluding hydrogens is 272 g/mol. The molecule has 0 aliphatic rings. The molecule has 0 saturated carbocycles. The van der Waals surface area contributed by atoms with Gasteiger partial charge in [0.1, 0.15) is 0 Å². The molecule has 6 heteroatoms. The third-order valence-electron chi connectivity index (χ3n) is 3.07. The summed E-state index contributed by atoms with van der Waals surface area (Å²) in [7, 11) is 0. The van der Waals surface area contributed by atoms with Gasteiger partial charge >= 0.3 is 0 Å². The highest BCUT2D eigenvalue weighted by molar-refractivity contribution is 7.99. The molecule has 0 aliphatic heterocycles. The lowest BCUT2D eigenvalue weighted by Gasteiger charge is -2.20. The van der Waals surface area contributed by atoms with E-state index in [9.17, 15) is 0 Å². The second kappa shape index (κ2) is 5.93. The van der Waals surface area contributed by atoms with Gasteiger partial charge in [0.25, 0.3) is 0 Å². The van der Waals surface area contributed by atoms with E-state index >= 15 is 0 Å². The van der Waals surface area contributed by atoms with Crippen LogP contribution < -0.4 is 0 Å². The zero-order valence-electron chi connectivity index (χ0n) is 12.3. The number of aliphatic hydroxyl groups is 1. The zero-order valence-corrected chi connectivity index (χ0v) is 13.1. The third-order valence-corrected chi connectivity index (χ3v) is 3.97. The van der Waals surface area contributed by atoms with Gasteiger partial charge in [0.15, 0.2) is 0 Å². The first-order chi connectivity index (χ1) is 9.43. The van der Waals surface area contributed by atoms with E-state index in [-0.39, 0.29) is 12.0 Å². The fourth-order valence-electron chi connectivity index (χ4n) is 1.86. The van der Waals surface area contributed by atoms with Crippen molar-refractivity contribution in [2.75, 3.05) is 12.4 Å². The van der Waals surface area contributed by atoms with Crippen LogP contribution in [0, 0.1) is 6.92 Å². The summed E-state index contributed by atoms with van der Waals surface area (Å²) in [6.07, 6.45) is 0. The van der Waals surface area contributed by atoms with Crippen LogP contribution >= 0.6 is 11.8 Å². The number of nitrogens with zero attached hydrogens (tertiary/aromatic N) is 4. The first-order valence-electron chi connectivity index (χ1n) is 6.57. The number of hydrogen-bond acceptors (Lipinski definition) is 5. The Labute approximate surface area is 123 Å². The summed E-state index contributed by atoms with van der Waals surface area (Å²) in [6, 6.07) is 6.37. The Kier molecular flexibility index (Phi) is 4.45. The Morgan fingerprint density at radius 2 is 2.05 bits per heavy atom. The minimum Gasteiger partial charge on any atom is -0.396 e. The van der Waals surface area contributed by atoms with Crippen molar-refractivity contribution in [1.82, 2.24) is 20.2 Å². The van der Waals surface area contributed by atoms with E-state index in [2.05, 4.69) is 54.5 Å². The summed E-state index contributed by atoms with van der Waals surface area (Å²) in [4.78, 5) is 0. The molecule has 0 atom stereocenters. The fraction of sp³-hybridized carbons (Fsp3) is 0.500. The maximum atomic E-state index is 8.93. The van der Waals surface area contributed by atoms with Crippen molar-refractivity contribution in [2.45, 2.75) is 38.3 Å². The summed E-state index contributed by atoms with van der Waals surface area (Å²) in [5.41, 5.74) is 3.43. The summed E-state index contributed by atoms with van der Waals surface area (Å²) < 4.78 is 1.74. The first-order valence-corrected chi connectivity index (χ1v) is 7.55. The molecule has 0 fully saturated rings. The molecule has 0 amide bonds. The van der Waals surface area contributed by atoms with Gasteiger partial charge in [-0.3, -0.25) is 0 Å². The van der Waals surface area contributed by atoms with Crippen molar-refractivity contribution in [3.8, 4) is 5.69 Å². The number of thioether (sulfide) groups is 1. The van der Waals surface area contributed by atoms with Crippen LogP contribution in [0.5, 0.6) is 0 Å². The van der Waals surface area contributed by atoms with Crippen molar-refractivity contribution in [3.63, 3.8) is 0 Å². The fourth-order valence-corrected chi connectivity index (χ4v) is 2.49. The van der Waals surface area contributed by atoms with Gasteiger partial charge in [-0.05, 0) is 40.0 Å². The number of hydrogen-bond donors (Lipinski definition) is 1. The van der Waals surface area contributed by atoms with E-state index in [0.717, 1.165) is 11.3 Å². The molecule has 1 aromatic carbocycles. The molecule has 0 unspecified atom stereocenters. The molecule has 1 N–H and O–H groups in total. The number of aromatic nitrogens is 4. The maximum absolute atomic E-state index is 8.93. The Hall–Kier alpha value is -1.40. The third kappa shape index (κ3) is 3.19. The average molecular weight is 292 g/mol. The molecule has 0 saturated heterocycles. The largest absolute Gasteiger partial charge is 0.396 e. The summed E-state index contributed by atoms with van der Waals surface area (Å²) in [6.45, 7) is 8.70.